The molecule has 0 unspecified atom stereocenters. The topological polar surface area (TPSA) is 98.8 Å². The van der Waals surface area contributed by atoms with Crippen molar-refractivity contribution in [2.75, 3.05) is 32.9 Å². The van der Waals surface area contributed by atoms with Crippen molar-refractivity contribution in [3.63, 3.8) is 0 Å². The maximum atomic E-state index is 12.7. The van der Waals surface area contributed by atoms with Crippen molar-refractivity contribution in [1.29, 1.82) is 0 Å². The molecule has 3 rings (SSSR count). The fourth-order valence-corrected chi connectivity index (χ4v) is 4.29. The number of likely N-dealkylation sites (N-methyl/N-ethyl adjacent to an activating group) is 1. The van der Waals surface area contributed by atoms with Crippen LogP contribution in [0, 0.1) is 5.92 Å². The number of hydrogen-bond donors (Lipinski definition) is 2. The summed E-state index contributed by atoms with van der Waals surface area (Å²) in [6, 6.07) is -0.569. The van der Waals surface area contributed by atoms with Gasteiger partial charge >= 0.3 is 0 Å². The standard InChI is InChI=1S/C14H24N4O4S/c1-17-8-11-5-10(16-23(2,21)22)7-18(11)14(20)12(17)6-15-13(19)9-3-4-9/h9-12,16H,3-8H2,1-2H3,(H,15,19)/t10-,11-,12-/m0/s1. The molecule has 2 amide bonds. The molecule has 3 fully saturated rings. The third-order valence-electron chi connectivity index (χ3n) is 4.81. The minimum absolute atomic E-state index is 0.0298. The maximum absolute atomic E-state index is 12.7. The van der Waals surface area contributed by atoms with Gasteiger partial charge in [0.25, 0.3) is 0 Å². The van der Waals surface area contributed by atoms with E-state index in [1.807, 2.05) is 11.9 Å². The van der Waals surface area contributed by atoms with Crippen LogP contribution in [0.15, 0.2) is 0 Å². The number of carbonyl (C=O) groups excluding carboxylic acids is 2. The van der Waals surface area contributed by atoms with E-state index in [9.17, 15) is 18.0 Å². The van der Waals surface area contributed by atoms with Gasteiger partial charge in [-0.05, 0) is 26.3 Å². The Kier molecular flexibility index (Phi) is 4.37. The average molecular weight is 344 g/mol. The molecule has 1 saturated carbocycles. The number of carbonyl (C=O) groups is 2. The molecule has 2 heterocycles. The summed E-state index contributed by atoms with van der Waals surface area (Å²) in [6.45, 7) is 1.41. The molecular formula is C14H24N4O4S. The van der Waals surface area contributed by atoms with E-state index >= 15 is 0 Å². The molecule has 8 nitrogen and oxygen atoms in total. The van der Waals surface area contributed by atoms with E-state index < -0.39 is 10.0 Å². The van der Waals surface area contributed by atoms with Gasteiger partial charge in [-0.25, -0.2) is 13.1 Å². The van der Waals surface area contributed by atoms with Crippen molar-refractivity contribution in [2.45, 2.75) is 37.4 Å². The Labute approximate surface area is 136 Å². The van der Waals surface area contributed by atoms with Crippen LogP contribution >= 0.6 is 0 Å². The molecule has 23 heavy (non-hydrogen) atoms. The van der Waals surface area contributed by atoms with Gasteiger partial charge in [0.15, 0.2) is 0 Å². The molecule has 0 radical (unpaired) electrons. The molecule has 130 valence electrons. The van der Waals surface area contributed by atoms with Crippen LogP contribution in [0.4, 0.5) is 0 Å². The van der Waals surface area contributed by atoms with Crippen LogP contribution in [0.1, 0.15) is 19.3 Å². The van der Waals surface area contributed by atoms with Crippen molar-refractivity contribution in [2.24, 2.45) is 5.92 Å². The number of nitrogens with zero attached hydrogens (tertiary/aromatic N) is 2. The summed E-state index contributed by atoms with van der Waals surface area (Å²) in [5.74, 6) is 0.130. The summed E-state index contributed by atoms with van der Waals surface area (Å²) in [7, 11) is -1.40. The van der Waals surface area contributed by atoms with E-state index in [1.54, 1.807) is 4.90 Å². The van der Waals surface area contributed by atoms with Crippen LogP contribution in [0.5, 0.6) is 0 Å². The molecule has 2 N–H and O–H groups in total. The number of piperazine rings is 1. The maximum Gasteiger partial charge on any atom is 0.242 e. The number of nitrogens with one attached hydrogen (secondary N) is 2. The van der Waals surface area contributed by atoms with E-state index in [0.717, 1.165) is 19.1 Å². The van der Waals surface area contributed by atoms with Crippen LogP contribution in [0.2, 0.25) is 0 Å². The first kappa shape index (κ1) is 16.7. The highest BCUT2D eigenvalue weighted by molar-refractivity contribution is 7.88. The molecule has 0 bridgehead atoms. The first-order chi connectivity index (χ1) is 10.7. The summed E-state index contributed by atoms with van der Waals surface area (Å²) in [4.78, 5) is 28.2. The number of rotatable bonds is 5. The predicted octanol–water partition coefficient (Wildman–Crippen LogP) is -1.65. The lowest BCUT2D eigenvalue weighted by Gasteiger charge is -2.40. The van der Waals surface area contributed by atoms with Crippen molar-refractivity contribution in [3.05, 3.63) is 0 Å². The van der Waals surface area contributed by atoms with Crippen LogP contribution in [-0.4, -0.2) is 81.1 Å². The molecular weight excluding hydrogens is 320 g/mol. The lowest BCUT2D eigenvalue weighted by atomic mass is 10.1. The van der Waals surface area contributed by atoms with Gasteiger partial charge in [0.2, 0.25) is 21.8 Å². The average Bonchev–Trinajstić information content (AvgIpc) is 3.19. The van der Waals surface area contributed by atoms with Gasteiger partial charge in [-0.1, -0.05) is 0 Å². The Bertz CT molecular complexity index is 604. The van der Waals surface area contributed by atoms with Gasteiger partial charge in [-0.15, -0.1) is 0 Å². The molecule has 0 aromatic carbocycles. The summed E-state index contributed by atoms with van der Waals surface area (Å²) in [5.41, 5.74) is 0. The summed E-state index contributed by atoms with van der Waals surface area (Å²) >= 11 is 0. The summed E-state index contributed by atoms with van der Waals surface area (Å²) in [5, 5.41) is 2.86. The molecule has 1 aliphatic carbocycles. The fraction of sp³-hybridized carbons (Fsp3) is 0.857. The van der Waals surface area contributed by atoms with Crippen molar-refractivity contribution in [1.82, 2.24) is 19.8 Å². The molecule has 2 saturated heterocycles. The van der Waals surface area contributed by atoms with Gasteiger partial charge in [0, 0.05) is 37.6 Å². The molecule has 0 spiro atoms. The molecule has 9 heteroatoms. The van der Waals surface area contributed by atoms with Gasteiger partial charge < -0.3 is 10.2 Å². The highest BCUT2D eigenvalue weighted by Crippen LogP contribution is 2.29. The van der Waals surface area contributed by atoms with E-state index in [2.05, 4.69) is 10.0 Å². The smallest absolute Gasteiger partial charge is 0.242 e. The van der Waals surface area contributed by atoms with Gasteiger partial charge in [-0.3, -0.25) is 14.5 Å². The molecule has 2 aliphatic heterocycles. The van der Waals surface area contributed by atoms with Gasteiger partial charge in [-0.2, -0.15) is 0 Å². The van der Waals surface area contributed by atoms with E-state index in [4.69, 9.17) is 0 Å². The number of sulfonamides is 1. The van der Waals surface area contributed by atoms with Gasteiger partial charge in [0.1, 0.15) is 6.04 Å². The Morgan fingerprint density at radius 1 is 1.30 bits per heavy atom. The monoisotopic (exact) mass is 344 g/mol. The van der Waals surface area contributed by atoms with Crippen molar-refractivity contribution < 1.29 is 18.0 Å². The second-order valence-corrected chi connectivity index (χ2v) is 8.72. The van der Waals surface area contributed by atoms with Gasteiger partial charge in [0.05, 0.1) is 6.26 Å². The Morgan fingerprint density at radius 3 is 2.61 bits per heavy atom. The Hall–Kier alpha value is -1.19. The quantitative estimate of drug-likeness (QED) is 0.622. The first-order valence-corrected chi connectivity index (χ1v) is 9.89. The van der Waals surface area contributed by atoms with Crippen LogP contribution < -0.4 is 10.0 Å². The van der Waals surface area contributed by atoms with Crippen LogP contribution in [-0.2, 0) is 19.6 Å². The van der Waals surface area contributed by atoms with E-state index in [-0.39, 0.29) is 35.9 Å². The molecule has 0 aromatic rings. The predicted molar refractivity (Wildman–Crippen MR) is 84.0 cm³/mol. The molecule has 3 atom stereocenters. The third-order valence-corrected chi connectivity index (χ3v) is 5.57. The Balaban J connectivity index is 1.60. The second kappa shape index (κ2) is 6.03. The highest BCUT2D eigenvalue weighted by atomic mass is 32.2. The normalized spacial score (nSPS) is 32.0. The third kappa shape index (κ3) is 3.84. The van der Waals surface area contributed by atoms with Crippen molar-refractivity contribution >= 4 is 21.8 Å². The number of hydrogen-bond acceptors (Lipinski definition) is 5. The zero-order valence-electron chi connectivity index (χ0n) is 13.5. The lowest BCUT2D eigenvalue weighted by Crippen LogP contribution is -2.61. The van der Waals surface area contributed by atoms with Crippen LogP contribution in [0.3, 0.4) is 0 Å². The second-order valence-electron chi connectivity index (χ2n) is 6.94. The first-order valence-electron chi connectivity index (χ1n) is 8.00. The zero-order valence-corrected chi connectivity index (χ0v) is 14.3. The molecule has 3 aliphatic rings. The SMILES string of the molecule is CN1C[C@@H]2C[C@H](NS(C)(=O)=O)CN2C(=O)[C@@H]1CNC(=O)C1CC1. The Morgan fingerprint density at radius 2 is 2.00 bits per heavy atom. The minimum Gasteiger partial charge on any atom is -0.354 e. The lowest BCUT2D eigenvalue weighted by molar-refractivity contribution is -0.142. The summed E-state index contributed by atoms with van der Waals surface area (Å²) < 4.78 is 25.3. The van der Waals surface area contributed by atoms with Crippen LogP contribution in [0.25, 0.3) is 0 Å². The fourth-order valence-electron chi connectivity index (χ4n) is 3.52. The largest absolute Gasteiger partial charge is 0.354 e. The van der Waals surface area contributed by atoms with E-state index in [1.165, 1.54) is 0 Å². The van der Waals surface area contributed by atoms with E-state index in [0.29, 0.717) is 26.1 Å². The minimum atomic E-state index is -3.28. The summed E-state index contributed by atoms with van der Waals surface area (Å²) in [6.07, 6.45) is 3.64. The zero-order chi connectivity index (χ0) is 16.8. The molecule has 0 aromatic heterocycles. The van der Waals surface area contributed by atoms with Crippen molar-refractivity contribution in [3.8, 4) is 0 Å². The number of fused-ring (bicyclic) bond motifs is 1. The highest BCUT2D eigenvalue weighted by Gasteiger charge is 2.45. The number of amides is 2.